The third-order valence-corrected chi connectivity index (χ3v) is 2.78. The van der Waals surface area contributed by atoms with E-state index in [0.29, 0.717) is 0 Å². The minimum Gasteiger partial charge on any atom is -0.473 e. The molecular formula is C14H18N2O8. The minimum atomic E-state index is -1.82. The van der Waals surface area contributed by atoms with Crippen LogP contribution in [-0.4, -0.2) is 62.4 Å². The fraction of sp³-hybridized carbons (Fsp3) is 0.357. The van der Waals surface area contributed by atoms with Crippen LogP contribution in [0.15, 0.2) is 24.5 Å². The molecule has 132 valence electrons. The van der Waals surface area contributed by atoms with Crippen LogP contribution in [-0.2, 0) is 25.6 Å². The van der Waals surface area contributed by atoms with E-state index in [1.165, 1.54) is 31.5 Å². The molecule has 10 nitrogen and oxygen atoms in total. The molecule has 0 bridgehead atoms. The van der Waals surface area contributed by atoms with Crippen molar-refractivity contribution >= 4 is 23.9 Å². The van der Waals surface area contributed by atoms with Gasteiger partial charge in [-0.25, -0.2) is 19.2 Å². The van der Waals surface area contributed by atoms with Gasteiger partial charge in [0.25, 0.3) is 0 Å². The lowest BCUT2D eigenvalue weighted by Crippen LogP contribution is -2.10. The summed E-state index contributed by atoms with van der Waals surface area (Å²) in [5.41, 5.74) is 1.37. The zero-order valence-corrected chi connectivity index (χ0v) is 12.6. The average Bonchev–Trinajstić information content (AvgIpc) is 3.02. The van der Waals surface area contributed by atoms with Crippen LogP contribution in [0.4, 0.5) is 0 Å². The van der Waals surface area contributed by atoms with Crippen LogP contribution < -0.4 is 5.32 Å². The summed E-state index contributed by atoms with van der Waals surface area (Å²) in [6.45, 7) is 2.36. The van der Waals surface area contributed by atoms with Crippen LogP contribution >= 0.6 is 0 Å². The Bertz CT molecular complexity index is 507. The van der Waals surface area contributed by atoms with Gasteiger partial charge in [-0.15, -0.1) is 0 Å². The van der Waals surface area contributed by atoms with E-state index in [2.05, 4.69) is 16.4 Å². The summed E-state index contributed by atoms with van der Waals surface area (Å²) in [5, 5.41) is 32.9. The van der Waals surface area contributed by atoms with Crippen molar-refractivity contribution < 1.29 is 39.6 Å². The number of aromatic nitrogens is 1. The Morgan fingerprint density at radius 2 is 1.58 bits per heavy atom. The third kappa shape index (κ3) is 10.7. The molecule has 1 saturated heterocycles. The molecule has 1 aliphatic rings. The molecule has 5 N–H and O–H groups in total. The molecular weight excluding hydrogens is 324 g/mol. The highest BCUT2D eigenvalue weighted by atomic mass is 16.4. The molecule has 1 aromatic rings. The van der Waals surface area contributed by atoms with Gasteiger partial charge in [-0.3, -0.25) is 4.98 Å². The highest BCUT2D eigenvalue weighted by molar-refractivity contribution is 6.27. The predicted molar refractivity (Wildman–Crippen MR) is 79.5 cm³/mol. The van der Waals surface area contributed by atoms with Gasteiger partial charge in [0.05, 0.1) is 0 Å². The van der Waals surface area contributed by atoms with Gasteiger partial charge in [-0.05, 0) is 43.5 Å². The maximum absolute atomic E-state index is 9.10. The number of carbonyl (C=O) groups is 4. The van der Waals surface area contributed by atoms with Gasteiger partial charge < -0.3 is 25.7 Å². The summed E-state index contributed by atoms with van der Waals surface area (Å²) in [7, 11) is 0. The van der Waals surface area contributed by atoms with E-state index >= 15 is 0 Å². The van der Waals surface area contributed by atoms with E-state index in [-0.39, 0.29) is 0 Å². The topological polar surface area (TPSA) is 174 Å². The monoisotopic (exact) mass is 342 g/mol. The molecule has 1 atom stereocenters. The molecule has 1 unspecified atom stereocenters. The molecule has 0 spiro atoms. The fourth-order valence-corrected chi connectivity index (χ4v) is 1.74. The van der Waals surface area contributed by atoms with E-state index in [9.17, 15) is 0 Å². The van der Waals surface area contributed by atoms with Crippen LogP contribution in [0.25, 0.3) is 0 Å². The number of carboxylic acids is 4. The summed E-state index contributed by atoms with van der Waals surface area (Å²) < 4.78 is 0. The highest BCUT2D eigenvalue weighted by Gasteiger charge is 2.14. The lowest BCUT2D eigenvalue weighted by atomic mass is 10.0. The van der Waals surface area contributed by atoms with Gasteiger partial charge in [0.1, 0.15) is 0 Å². The van der Waals surface area contributed by atoms with E-state index < -0.39 is 23.9 Å². The number of rotatable bonds is 2. The van der Waals surface area contributed by atoms with Crippen molar-refractivity contribution in [1.82, 2.24) is 10.3 Å². The number of nitrogens with one attached hydrogen (secondary N) is 1. The molecule has 0 aromatic carbocycles. The molecule has 10 heteroatoms. The number of hydrogen-bond acceptors (Lipinski definition) is 6. The van der Waals surface area contributed by atoms with Gasteiger partial charge in [0, 0.05) is 12.4 Å². The van der Waals surface area contributed by atoms with Gasteiger partial charge >= 0.3 is 23.9 Å². The van der Waals surface area contributed by atoms with Crippen molar-refractivity contribution in [3.63, 3.8) is 0 Å². The average molecular weight is 342 g/mol. The van der Waals surface area contributed by atoms with Crippen LogP contribution in [0.3, 0.4) is 0 Å². The molecule has 0 radical (unpaired) electrons. The molecule has 0 aliphatic carbocycles. The number of pyridine rings is 1. The normalized spacial score (nSPS) is 15.1. The summed E-state index contributed by atoms with van der Waals surface area (Å²) in [6, 6.07) is 4.17. The van der Waals surface area contributed by atoms with Crippen molar-refractivity contribution in [2.24, 2.45) is 5.92 Å². The molecule has 2 rings (SSSR count). The van der Waals surface area contributed by atoms with Crippen molar-refractivity contribution in [1.29, 1.82) is 0 Å². The largest absolute Gasteiger partial charge is 0.473 e. The SMILES string of the molecule is O=C(O)C(=O)O.O=C(O)C(=O)O.c1cncc(CC2CCNC2)c1. The van der Waals surface area contributed by atoms with Crippen molar-refractivity contribution in [3.8, 4) is 0 Å². The Morgan fingerprint density at radius 1 is 1.04 bits per heavy atom. The lowest BCUT2D eigenvalue weighted by Gasteiger charge is -2.06. The summed E-state index contributed by atoms with van der Waals surface area (Å²) >= 11 is 0. The second-order valence-electron chi connectivity index (χ2n) is 4.64. The molecule has 0 saturated carbocycles. The summed E-state index contributed by atoms with van der Waals surface area (Å²) in [6.07, 6.45) is 6.30. The van der Waals surface area contributed by atoms with Crippen molar-refractivity contribution in [2.75, 3.05) is 13.1 Å². The molecule has 24 heavy (non-hydrogen) atoms. The number of aliphatic carboxylic acids is 4. The lowest BCUT2D eigenvalue weighted by molar-refractivity contribution is -0.159. The quantitative estimate of drug-likeness (QED) is 0.442. The minimum absolute atomic E-state index is 0.828. The summed E-state index contributed by atoms with van der Waals surface area (Å²) in [4.78, 5) is 40.5. The zero-order chi connectivity index (χ0) is 18.5. The first-order valence-corrected chi connectivity index (χ1v) is 6.76. The Hall–Kier alpha value is -3.01. The molecule has 1 fully saturated rings. The zero-order valence-electron chi connectivity index (χ0n) is 12.6. The van der Waals surface area contributed by atoms with Crippen LogP contribution in [0.2, 0.25) is 0 Å². The Labute approximate surface area is 136 Å². The Balaban J connectivity index is 0.000000377. The predicted octanol–water partition coefficient (Wildman–Crippen LogP) is -0.455. The van der Waals surface area contributed by atoms with Crippen LogP contribution in [0.1, 0.15) is 12.0 Å². The Morgan fingerprint density at radius 3 is 1.92 bits per heavy atom. The number of hydrogen-bond donors (Lipinski definition) is 5. The first-order chi connectivity index (χ1) is 11.2. The molecule has 1 aliphatic heterocycles. The van der Waals surface area contributed by atoms with Gasteiger partial charge in [0.2, 0.25) is 0 Å². The molecule has 0 amide bonds. The third-order valence-electron chi connectivity index (χ3n) is 2.78. The highest BCUT2D eigenvalue weighted by Crippen LogP contribution is 2.13. The van der Waals surface area contributed by atoms with E-state index in [0.717, 1.165) is 5.92 Å². The standard InChI is InChI=1S/C10H14N2.2C2H2O4/c1-2-9(7-11-4-1)6-10-3-5-12-8-10;2*3-1(4)2(5)6/h1-2,4,7,10,12H,3,5-6,8H2;2*(H,3,4)(H,5,6). The fourth-order valence-electron chi connectivity index (χ4n) is 1.74. The van der Waals surface area contributed by atoms with E-state index in [4.69, 9.17) is 39.6 Å². The molecule has 1 aromatic heterocycles. The van der Waals surface area contributed by atoms with Gasteiger partial charge in [-0.1, -0.05) is 6.07 Å². The second-order valence-corrected chi connectivity index (χ2v) is 4.64. The maximum Gasteiger partial charge on any atom is 0.414 e. The van der Waals surface area contributed by atoms with Gasteiger partial charge in [-0.2, -0.15) is 0 Å². The second kappa shape index (κ2) is 11.5. The van der Waals surface area contributed by atoms with Crippen molar-refractivity contribution in [3.05, 3.63) is 30.1 Å². The first kappa shape index (κ1) is 21.0. The molecule has 2 heterocycles. The van der Waals surface area contributed by atoms with Crippen molar-refractivity contribution in [2.45, 2.75) is 12.8 Å². The van der Waals surface area contributed by atoms with Gasteiger partial charge in [0.15, 0.2) is 0 Å². The Kier molecular flexibility index (Phi) is 10.1. The van der Waals surface area contributed by atoms with Crippen LogP contribution in [0.5, 0.6) is 0 Å². The summed E-state index contributed by atoms with van der Waals surface area (Å²) in [5.74, 6) is -6.47. The van der Waals surface area contributed by atoms with Crippen LogP contribution in [0, 0.1) is 5.92 Å². The number of carboxylic acid groups (broad SMARTS) is 4. The smallest absolute Gasteiger partial charge is 0.414 e. The van der Waals surface area contributed by atoms with E-state index in [1.807, 2.05) is 18.5 Å². The van der Waals surface area contributed by atoms with E-state index in [1.54, 1.807) is 0 Å². The first-order valence-electron chi connectivity index (χ1n) is 6.76. The number of nitrogens with zero attached hydrogens (tertiary/aromatic N) is 1. The maximum atomic E-state index is 9.10.